The maximum Gasteiger partial charge on any atom is 0.0545 e. The predicted molar refractivity (Wildman–Crippen MR) is 308 cm³/mol. The average Bonchev–Trinajstić information content (AvgIpc) is 3.67. The van der Waals surface area contributed by atoms with Gasteiger partial charge in [-0.2, -0.15) is 0 Å². The monoisotopic (exact) mass is 973 g/mol. The van der Waals surface area contributed by atoms with Gasteiger partial charge in [0.2, 0.25) is 0 Å². The maximum atomic E-state index is 5.33. The van der Waals surface area contributed by atoms with Crippen molar-refractivity contribution < 1.29 is 4.74 Å². The average molecular weight is 974 g/mol. The third kappa shape index (κ3) is 11.2. The molecule has 9 saturated carbocycles. The molecule has 1 saturated heterocycles. The lowest BCUT2D eigenvalue weighted by molar-refractivity contribution is -0.236. The van der Waals surface area contributed by atoms with Gasteiger partial charge in [0.05, 0.1) is 13.2 Å². The second-order valence-corrected chi connectivity index (χ2v) is 32.7. The van der Waals surface area contributed by atoms with Crippen LogP contribution in [0.4, 0.5) is 0 Å². The van der Waals surface area contributed by atoms with Crippen molar-refractivity contribution in [1.29, 1.82) is 0 Å². The maximum absolute atomic E-state index is 5.33. The molecule has 9 aliphatic carbocycles. The van der Waals surface area contributed by atoms with E-state index < -0.39 is 0 Å². The topological polar surface area (TPSA) is 9.23 Å². The van der Waals surface area contributed by atoms with E-state index in [1.807, 2.05) is 0 Å². The number of hydrogen-bond acceptors (Lipinski definition) is 1. The molecule has 10 rings (SSSR count). The van der Waals surface area contributed by atoms with E-state index in [0.29, 0.717) is 32.5 Å². The summed E-state index contributed by atoms with van der Waals surface area (Å²) < 4.78 is 5.33. The van der Waals surface area contributed by atoms with Crippen molar-refractivity contribution in [2.45, 2.75) is 312 Å². The van der Waals surface area contributed by atoms with Gasteiger partial charge in [0, 0.05) is 5.41 Å². The van der Waals surface area contributed by atoms with Crippen molar-refractivity contribution in [3.63, 3.8) is 0 Å². The van der Waals surface area contributed by atoms with Gasteiger partial charge in [-0.05, 0) is 223 Å². The molecule has 1 aliphatic heterocycles. The summed E-state index contributed by atoms with van der Waals surface area (Å²) in [5, 5.41) is 0. The van der Waals surface area contributed by atoms with E-state index in [9.17, 15) is 0 Å². The standard InChI is InChI=1S/2C15H28.C14H26.C13H24.C12H22O/c2*1-12(2)15(13(3)4)10-14(11-15)8-6-5-7-9-14;1-11(2)14(12(3)4)9-13(10-14)7-5-6-8-13;1-10(2)13(11(3)4)8-12(9-13)6-5-7-12;1-9(2)12(10(3)4)5-11(6-12)7-13-8-11/h2*12-13H,5-11H2,1-4H3;11-12H,5-10H2,1-4H3;10-11H,5-9H2,1-4H3;9-10H,5-8H2,1-4H3. The third-order valence-corrected chi connectivity index (χ3v) is 26.3. The minimum atomic E-state index is 0.620. The Labute approximate surface area is 441 Å². The van der Waals surface area contributed by atoms with Crippen molar-refractivity contribution in [3.05, 3.63) is 0 Å². The van der Waals surface area contributed by atoms with Crippen LogP contribution in [0.2, 0.25) is 0 Å². The van der Waals surface area contributed by atoms with Gasteiger partial charge >= 0.3 is 0 Å². The van der Waals surface area contributed by atoms with E-state index in [4.69, 9.17) is 4.74 Å². The van der Waals surface area contributed by atoms with E-state index in [2.05, 4.69) is 138 Å². The smallest absolute Gasteiger partial charge is 0.0545 e. The van der Waals surface area contributed by atoms with Crippen LogP contribution in [-0.2, 0) is 4.74 Å². The lowest BCUT2D eigenvalue weighted by Crippen LogP contribution is -2.61. The molecule has 0 amide bonds. The Bertz CT molecular complexity index is 1410. The summed E-state index contributed by atoms with van der Waals surface area (Å²) >= 11 is 0. The number of ether oxygens (including phenoxy) is 1. The number of hydrogen-bond donors (Lipinski definition) is 0. The van der Waals surface area contributed by atoms with Crippen LogP contribution in [-0.4, -0.2) is 13.2 Å². The molecule has 0 atom stereocenters. The summed E-state index contributed by atoms with van der Waals surface area (Å²) in [5.74, 6) is 8.72. The van der Waals surface area contributed by atoms with E-state index in [0.717, 1.165) is 94.1 Å². The van der Waals surface area contributed by atoms with Crippen LogP contribution >= 0.6 is 0 Å². The molecule has 410 valence electrons. The highest BCUT2D eigenvalue weighted by Crippen LogP contribution is 2.71. The Morgan fingerprint density at radius 3 is 0.486 bits per heavy atom. The molecule has 0 unspecified atom stereocenters. The van der Waals surface area contributed by atoms with Crippen molar-refractivity contribution >= 4 is 0 Å². The molecule has 0 aromatic carbocycles. The lowest BCUT2D eigenvalue weighted by atomic mass is 9.40. The van der Waals surface area contributed by atoms with Gasteiger partial charge in [-0.25, -0.2) is 0 Å². The second-order valence-electron chi connectivity index (χ2n) is 32.7. The van der Waals surface area contributed by atoms with Crippen LogP contribution in [0.3, 0.4) is 0 Å². The molecule has 0 bridgehead atoms. The van der Waals surface area contributed by atoms with Crippen LogP contribution in [0.5, 0.6) is 0 Å². The highest BCUT2D eigenvalue weighted by Gasteiger charge is 2.62. The molecule has 1 nitrogen and oxygen atoms in total. The third-order valence-electron chi connectivity index (χ3n) is 26.3. The molecule has 1 heterocycles. The Morgan fingerprint density at radius 2 is 0.357 bits per heavy atom. The second kappa shape index (κ2) is 22.1. The Hall–Kier alpha value is -0.0400. The molecule has 5 spiro atoms. The summed E-state index contributed by atoms with van der Waals surface area (Å²) in [5.41, 5.74) is 7.29. The van der Waals surface area contributed by atoms with E-state index in [-0.39, 0.29) is 0 Å². The van der Waals surface area contributed by atoms with Gasteiger partial charge in [-0.1, -0.05) is 196 Å². The van der Waals surface area contributed by atoms with E-state index in [1.165, 1.54) is 173 Å². The zero-order valence-electron chi connectivity index (χ0n) is 51.7. The van der Waals surface area contributed by atoms with Crippen LogP contribution in [0.25, 0.3) is 0 Å². The van der Waals surface area contributed by atoms with Gasteiger partial charge < -0.3 is 4.74 Å². The van der Waals surface area contributed by atoms with Crippen molar-refractivity contribution in [2.75, 3.05) is 13.2 Å². The van der Waals surface area contributed by atoms with E-state index >= 15 is 0 Å². The largest absolute Gasteiger partial charge is 0.380 e. The molecular weight excluding hydrogens is 845 g/mol. The zero-order valence-corrected chi connectivity index (χ0v) is 51.7. The summed E-state index contributed by atoms with van der Waals surface area (Å²) in [6, 6.07) is 0. The first-order valence-electron chi connectivity index (χ1n) is 32.1. The minimum Gasteiger partial charge on any atom is -0.380 e. The highest BCUT2D eigenvalue weighted by atomic mass is 16.5. The fraction of sp³-hybridized carbons (Fsp3) is 1.00. The summed E-state index contributed by atoms with van der Waals surface area (Å²) in [6.45, 7) is 50.5. The molecular formula is C69H128O. The Kier molecular flexibility index (Phi) is 18.7. The van der Waals surface area contributed by atoms with Gasteiger partial charge in [-0.3, -0.25) is 0 Å². The molecule has 70 heavy (non-hydrogen) atoms. The summed E-state index contributed by atoms with van der Waals surface area (Å²) in [4.78, 5) is 0. The normalized spacial score (nSPS) is 28.7. The minimum absolute atomic E-state index is 0.620. The zero-order chi connectivity index (χ0) is 52.0. The first-order chi connectivity index (χ1) is 32.5. The molecule has 0 aromatic rings. The predicted octanol–water partition coefficient (Wildman–Crippen LogP) is 22.0. The van der Waals surface area contributed by atoms with Gasteiger partial charge in [0.25, 0.3) is 0 Å². The first-order valence-corrected chi connectivity index (χ1v) is 32.1. The Morgan fingerprint density at radius 1 is 0.200 bits per heavy atom. The van der Waals surface area contributed by atoms with Gasteiger partial charge in [-0.15, -0.1) is 0 Å². The highest BCUT2D eigenvalue weighted by molar-refractivity contribution is 5.12. The fourth-order valence-electron chi connectivity index (χ4n) is 20.6. The molecule has 10 fully saturated rings. The molecule has 0 radical (unpaired) electrons. The molecule has 1 heteroatoms. The van der Waals surface area contributed by atoms with E-state index in [1.54, 1.807) is 0 Å². The quantitative estimate of drug-likeness (QED) is 0.212. The summed E-state index contributed by atoms with van der Waals surface area (Å²) in [6.07, 6.45) is 40.9. The molecule has 0 aromatic heterocycles. The molecule has 10 aliphatic rings. The van der Waals surface area contributed by atoms with Gasteiger partial charge in [0.1, 0.15) is 0 Å². The van der Waals surface area contributed by atoms with Crippen molar-refractivity contribution in [2.24, 2.45) is 113 Å². The fourth-order valence-corrected chi connectivity index (χ4v) is 20.6. The Balaban J connectivity index is 0.000000144. The lowest BCUT2D eigenvalue weighted by Gasteiger charge is -2.65. The van der Waals surface area contributed by atoms with Gasteiger partial charge in [0.15, 0.2) is 0 Å². The van der Waals surface area contributed by atoms with Crippen LogP contribution in [0, 0.1) is 113 Å². The van der Waals surface area contributed by atoms with Crippen LogP contribution in [0.1, 0.15) is 312 Å². The van der Waals surface area contributed by atoms with Crippen molar-refractivity contribution in [1.82, 2.24) is 0 Å². The molecule has 0 N–H and O–H groups in total. The first kappa shape index (κ1) is 59.2. The van der Waals surface area contributed by atoms with Crippen LogP contribution < -0.4 is 0 Å². The SMILES string of the molecule is CC(C)C1(C(C)C)CC2(CCC2)C1.CC(C)C1(C(C)C)CC2(CCCC2)C1.CC(C)C1(C(C)C)CC2(CCCCC2)C1.CC(C)C1(C(C)C)CC2(CCCCC2)C1.CC(C)C1(C(C)C)CC2(COC2)C1. The van der Waals surface area contributed by atoms with Crippen molar-refractivity contribution in [3.8, 4) is 0 Å². The summed E-state index contributed by atoms with van der Waals surface area (Å²) in [7, 11) is 0. The van der Waals surface area contributed by atoms with Crippen LogP contribution in [0.15, 0.2) is 0 Å². The number of rotatable bonds is 10.